The Labute approximate surface area is 92.4 Å². The summed E-state index contributed by atoms with van der Waals surface area (Å²) < 4.78 is 1.76. The van der Waals surface area contributed by atoms with Crippen molar-refractivity contribution in [3.05, 3.63) is 36.4 Å². The highest BCUT2D eigenvalue weighted by molar-refractivity contribution is 5.88. The van der Waals surface area contributed by atoms with Crippen molar-refractivity contribution < 1.29 is 9.90 Å². The first-order valence-corrected chi connectivity index (χ1v) is 3.42. The number of pyridine rings is 1. The molecule has 4 nitrogen and oxygen atoms in total. The van der Waals surface area contributed by atoms with Gasteiger partial charge in [-0.3, -0.25) is 0 Å². The predicted molar refractivity (Wildman–Crippen MR) is 56.6 cm³/mol. The molecule has 6 heteroatoms. The lowest BCUT2D eigenvalue weighted by Gasteiger charge is -1.94. The van der Waals surface area contributed by atoms with E-state index in [1.807, 2.05) is 0 Å². The number of fused-ring (bicyclic) bond motifs is 1. The number of carbonyl (C=O) groups is 1. The number of imidazole rings is 1. The van der Waals surface area contributed by atoms with Crippen molar-refractivity contribution in [2.75, 3.05) is 0 Å². The molecule has 0 amide bonds. The Balaban J connectivity index is 0.000000845. The molecule has 0 spiro atoms. The Bertz CT molecular complexity index is 442. The number of aromatic carboxylic acids is 1. The first kappa shape index (κ1) is 12.7. The van der Waals surface area contributed by atoms with Gasteiger partial charge in [-0.25, -0.2) is 9.78 Å². The second-order valence-corrected chi connectivity index (χ2v) is 2.45. The summed E-state index contributed by atoms with van der Waals surface area (Å²) in [5.74, 6) is -0.918. The van der Waals surface area contributed by atoms with Crippen molar-refractivity contribution in [1.29, 1.82) is 0 Å². The van der Waals surface area contributed by atoms with Crippen LogP contribution in [0, 0.1) is 0 Å². The van der Waals surface area contributed by atoms with Crippen LogP contribution in [0.3, 0.4) is 0 Å². The van der Waals surface area contributed by atoms with Crippen LogP contribution in [0.1, 0.15) is 10.4 Å². The lowest BCUT2D eigenvalue weighted by molar-refractivity contribution is 0.0697. The molecule has 0 aliphatic rings. The number of nitrogens with zero attached hydrogens (tertiary/aromatic N) is 2. The number of aromatic nitrogens is 2. The highest BCUT2D eigenvalue weighted by Crippen LogP contribution is 2.05. The summed E-state index contributed by atoms with van der Waals surface area (Å²) in [5.41, 5.74) is 1.07. The predicted octanol–water partition coefficient (Wildman–Crippen LogP) is 1.88. The van der Waals surface area contributed by atoms with Crippen molar-refractivity contribution >= 4 is 36.3 Å². The van der Waals surface area contributed by atoms with E-state index in [0.717, 1.165) is 5.52 Å². The molecule has 2 aromatic heterocycles. The third-order valence-electron chi connectivity index (χ3n) is 1.66. The molecule has 1 N–H and O–H groups in total. The molecule has 0 bridgehead atoms. The fourth-order valence-electron chi connectivity index (χ4n) is 1.05. The summed E-state index contributed by atoms with van der Waals surface area (Å²) >= 11 is 0. The molecule has 76 valence electrons. The summed E-state index contributed by atoms with van der Waals surface area (Å²) in [4.78, 5) is 14.4. The third kappa shape index (κ3) is 2.16. The number of halogens is 2. The van der Waals surface area contributed by atoms with Gasteiger partial charge in [0.25, 0.3) is 0 Å². The second kappa shape index (κ2) is 4.83. The highest BCUT2D eigenvalue weighted by atomic mass is 35.5. The normalized spacial score (nSPS) is 8.86. The van der Waals surface area contributed by atoms with Crippen molar-refractivity contribution in [3.63, 3.8) is 0 Å². The van der Waals surface area contributed by atoms with Crippen molar-refractivity contribution in [2.45, 2.75) is 0 Å². The van der Waals surface area contributed by atoms with Gasteiger partial charge in [0.15, 0.2) is 0 Å². The summed E-state index contributed by atoms with van der Waals surface area (Å²) in [6.45, 7) is 0. The third-order valence-corrected chi connectivity index (χ3v) is 1.66. The summed E-state index contributed by atoms with van der Waals surface area (Å²) in [7, 11) is 0. The molecule has 0 atom stereocenters. The summed E-state index contributed by atoms with van der Waals surface area (Å²) in [6, 6.07) is 3.12. The summed E-state index contributed by atoms with van der Waals surface area (Å²) in [6.07, 6.45) is 4.92. The quantitative estimate of drug-likeness (QED) is 0.820. The minimum atomic E-state index is -0.918. The van der Waals surface area contributed by atoms with Crippen LogP contribution in [-0.4, -0.2) is 20.5 Å². The van der Waals surface area contributed by atoms with Crippen LogP contribution in [-0.2, 0) is 0 Å². The van der Waals surface area contributed by atoms with Gasteiger partial charge >= 0.3 is 5.97 Å². The largest absolute Gasteiger partial charge is 0.478 e. The summed E-state index contributed by atoms with van der Waals surface area (Å²) in [5, 5.41) is 8.65. The van der Waals surface area contributed by atoms with Gasteiger partial charge in [0.1, 0.15) is 0 Å². The lowest BCUT2D eigenvalue weighted by atomic mass is 10.2. The zero-order valence-electron chi connectivity index (χ0n) is 6.95. The van der Waals surface area contributed by atoms with E-state index in [2.05, 4.69) is 4.98 Å². The Hall–Kier alpha value is -1.26. The van der Waals surface area contributed by atoms with Crippen LogP contribution in [0.15, 0.2) is 30.9 Å². The van der Waals surface area contributed by atoms with E-state index < -0.39 is 5.97 Å². The van der Waals surface area contributed by atoms with Gasteiger partial charge in [-0.15, -0.1) is 24.8 Å². The van der Waals surface area contributed by atoms with Crippen LogP contribution in [0.2, 0.25) is 0 Å². The Morgan fingerprint density at radius 2 is 2.14 bits per heavy atom. The molecule has 2 aromatic rings. The zero-order valence-corrected chi connectivity index (χ0v) is 8.59. The topological polar surface area (TPSA) is 54.6 Å². The molecule has 0 aromatic carbocycles. The van der Waals surface area contributed by atoms with Crippen molar-refractivity contribution in [2.24, 2.45) is 0 Å². The fourth-order valence-corrected chi connectivity index (χ4v) is 1.05. The van der Waals surface area contributed by atoms with Crippen LogP contribution in [0.5, 0.6) is 0 Å². The van der Waals surface area contributed by atoms with E-state index in [4.69, 9.17) is 5.11 Å². The molecule has 0 saturated carbocycles. The van der Waals surface area contributed by atoms with Gasteiger partial charge in [-0.05, 0) is 12.1 Å². The average molecular weight is 235 g/mol. The highest BCUT2D eigenvalue weighted by Gasteiger charge is 2.02. The van der Waals surface area contributed by atoms with Gasteiger partial charge < -0.3 is 9.51 Å². The number of rotatable bonds is 1. The van der Waals surface area contributed by atoms with E-state index >= 15 is 0 Å². The molecule has 2 rings (SSSR count). The fraction of sp³-hybridized carbons (Fsp3) is 0. The number of hydrogen-bond donors (Lipinski definition) is 1. The average Bonchev–Trinajstić information content (AvgIpc) is 2.49. The molecule has 0 aliphatic carbocycles. The molecule has 0 saturated heterocycles. The molecule has 2 heterocycles. The van der Waals surface area contributed by atoms with Gasteiger partial charge in [0, 0.05) is 6.20 Å². The van der Waals surface area contributed by atoms with E-state index in [0.29, 0.717) is 0 Å². The molecular weight excluding hydrogens is 227 g/mol. The standard InChI is InChI=1S/C8H6N2O2.2ClH/c11-8(12)6-1-2-10-5-9-4-7(10)3-6;;/h1-5H,(H,11,12);2*1H. The molecular formula is C8H8Cl2N2O2. The molecule has 0 fully saturated rings. The number of carboxylic acids is 1. The van der Waals surface area contributed by atoms with Gasteiger partial charge in [0.05, 0.1) is 23.6 Å². The monoisotopic (exact) mass is 234 g/mol. The van der Waals surface area contributed by atoms with Crippen LogP contribution in [0.4, 0.5) is 0 Å². The van der Waals surface area contributed by atoms with Crippen molar-refractivity contribution in [1.82, 2.24) is 9.38 Å². The molecule has 0 aliphatic heterocycles. The Morgan fingerprint density at radius 1 is 1.43 bits per heavy atom. The van der Waals surface area contributed by atoms with Gasteiger partial charge in [0.2, 0.25) is 0 Å². The Kier molecular flexibility index (Phi) is 4.40. The van der Waals surface area contributed by atoms with Crippen LogP contribution >= 0.6 is 24.8 Å². The van der Waals surface area contributed by atoms with E-state index in [1.54, 1.807) is 29.2 Å². The van der Waals surface area contributed by atoms with E-state index in [1.165, 1.54) is 6.07 Å². The molecule has 0 unspecified atom stereocenters. The zero-order chi connectivity index (χ0) is 8.55. The number of carboxylic acid groups (broad SMARTS) is 1. The van der Waals surface area contributed by atoms with Gasteiger partial charge in [-0.2, -0.15) is 0 Å². The first-order chi connectivity index (χ1) is 5.77. The Morgan fingerprint density at radius 3 is 2.79 bits per heavy atom. The van der Waals surface area contributed by atoms with Crippen LogP contribution in [0.25, 0.3) is 5.52 Å². The number of hydrogen-bond acceptors (Lipinski definition) is 2. The van der Waals surface area contributed by atoms with Crippen molar-refractivity contribution in [3.8, 4) is 0 Å². The van der Waals surface area contributed by atoms with Gasteiger partial charge in [-0.1, -0.05) is 0 Å². The SMILES string of the molecule is Cl.Cl.O=C(O)c1ccn2cncc2c1. The smallest absolute Gasteiger partial charge is 0.335 e. The second-order valence-electron chi connectivity index (χ2n) is 2.45. The van der Waals surface area contributed by atoms with Crippen LogP contribution < -0.4 is 0 Å². The maximum atomic E-state index is 10.5. The lowest BCUT2D eigenvalue weighted by Crippen LogP contribution is -1.96. The molecule has 0 radical (unpaired) electrons. The molecule has 14 heavy (non-hydrogen) atoms. The maximum absolute atomic E-state index is 10.5. The minimum Gasteiger partial charge on any atom is -0.478 e. The first-order valence-electron chi connectivity index (χ1n) is 3.42. The minimum absolute atomic E-state index is 0. The van der Waals surface area contributed by atoms with E-state index in [9.17, 15) is 4.79 Å². The van der Waals surface area contributed by atoms with E-state index in [-0.39, 0.29) is 30.4 Å². The maximum Gasteiger partial charge on any atom is 0.335 e.